The van der Waals surface area contributed by atoms with Gasteiger partial charge in [0.1, 0.15) is 0 Å². The Morgan fingerprint density at radius 3 is 2.90 bits per heavy atom. The van der Waals surface area contributed by atoms with Crippen LogP contribution in [0.25, 0.3) is 0 Å². The van der Waals surface area contributed by atoms with Crippen LogP contribution >= 0.6 is 31.9 Å². The Morgan fingerprint density at radius 1 is 1.48 bits per heavy atom. The first-order valence-corrected chi connectivity index (χ1v) is 9.40. The van der Waals surface area contributed by atoms with Crippen LogP contribution in [-0.4, -0.2) is 23.7 Å². The maximum absolute atomic E-state index is 6.08. The predicted octanol–water partition coefficient (Wildman–Crippen LogP) is 4.61. The molecule has 2 heterocycles. The smallest absolute Gasteiger partial charge is 0.0718 e. The topological polar surface area (TPSA) is 34.2 Å². The van der Waals surface area contributed by atoms with E-state index >= 15 is 0 Å². The molecule has 2 atom stereocenters. The van der Waals surface area contributed by atoms with Crippen molar-refractivity contribution in [3.8, 4) is 0 Å². The van der Waals surface area contributed by atoms with E-state index in [4.69, 9.17) is 4.74 Å². The van der Waals surface area contributed by atoms with E-state index in [1.807, 2.05) is 6.20 Å². The number of halogens is 2. The minimum atomic E-state index is 0.179. The summed E-state index contributed by atoms with van der Waals surface area (Å²) in [4.78, 5) is 4.67. The molecular weight excluding hydrogens is 396 g/mol. The molecule has 1 saturated carbocycles. The zero-order chi connectivity index (χ0) is 14.9. The molecule has 2 fully saturated rings. The molecule has 0 bridgehead atoms. The van der Waals surface area contributed by atoms with Gasteiger partial charge in [0.15, 0.2) is 0 Å². The normalized spacial score (nSPS) is 25.6. The Labute approximate surface area is 143 Å². The van der Waals surface area contributed by atoms with Crippen LogP contribution in [0.1, 0.15) is 50.8 Å². The lowest BCUT2D eigenvalue weighted by Crippen LogP contribution is -2.48. The van der Waals surface area contributed by atoms with E-state index in [9.17, 15) is 0 Å². The third-order valence-corrected chi connectivity index (χ3v) is 5.89. The second-order valence-corrected chi connectivity index (χ2v) is 7.96. The molecule has 3 rings (SSSR count). The van der Waals surface area contributed by atoms with Crippen LogP contribution in [0, 0.1) is 5.92 Å². The average molecular weight is 418 g/mol. The molecule has 0 radical (unpaired) electrons. The van der Waals surface area contributed by atoms with E-state index in [1.54, 1.807) is 0 Å². The molecule has 5 heteroatoms. The number of rotatable bonds is 4. The van der Waals surface area contributed by atoms with Gasteiger partial charge in [-0.25, -0.2) is 0 Å². The molecule has 1 aliphatic heterocycles. The summed E-state index contributed by atoms with van der Waals surface area (Å²) < 4.78 is 8.17. The molecule has 1 spiro atoms. The quantitative estimate of drug-likeness (QED) is 0.776. The molecule has 21 heavy (non-hydrogen) atoms. The largest absolute Gasteiger partial charge is 0.375 e. The van der Waals surface area contributed by atoms with Crippen molar-refractivity contribution in [3.63, 3.8) is 0 Å². The van der Waals surface area contributed by atoms with Crippen LogP contribution in [0.4, 0.5) is 0 Å². The van der Waals surface area contributed by atoms with Gasteiger partial charge in [-0.1, -0.05) is 6.92 Å². The summed E-state index contributed by atoms with van der Waals surface area (Å²) in [7, 11) is 0. The maximum Gasteiger partial charge on any atom is 0.0718 e. The molecule has 116 valence electrons. The molecule has 0 amide bonds. The lowest BCUT2D eigenvalue weighted by atomic mass is 9.70. The standard InChI is InChI=1S/C16H22Br2N2O/c1-2-19-14(15-13(18)8-12(17)10-20-15)11-4-7-21-16(9-11)5-3-6-16/h8,10-11,14,19H,2-7,9H2,1H3. The molecule has 2 unspecified atom stereocenters. The van der Waals surface area contributed by atoms with Crippen molar-refractivity contribution in [1.29, 1.82) is 0 Å². The van der Waals surface area contributed by atoms with Crippen molar-refractivity contribution in [2.24, 2.45) is 5.92 Å². The van der Waals surface area contributed by atoms with Crippen LogP contribution in [0.3, 0.4) is 0 Å². The number of pyridine rings is 1. The van der Waals surface area contributed by atoms with Gasteiger partial charge in [0.25, 0.3) is 0 Å². The third-order valence-electron chi connectivity index (χ3n) is 4.82. The van der Waals surface area contributed by atoms with E-state index in [-0.39, 0.29) is 5.60 Å². The lowest BCUT2D eigenvalue weighted by Gasteiger charge is -2.48. The van der Waals surface area contributed by atoms with Gasteiger partial charge in [-0.2, -0.15) is 0 Å². The summed E-state index contributed by atoms with van der Waals surface area (Å²) in [6.45, 7) is 4.01. The van der Waals surface area contributed by atoms with Crippen LogP contribution in [0.2, 0.25) is 0 Å². The third kappa shape index (κ3) is 3.36. The predicted molar refractivity (Wildman–Crippen MR) is 91.3 cm³/mol. The van der Waals surface area contributed by atoms with E-state index in [0.717, 1.165) is 40.6 Å². The van der Waals surface area contributed by atoms with Crippen LogP contribution in [0.5, 0.6) is 0 Å². The molecule has 1 N–H and O–H groups in total. The minimum absolute atomic E-state index is 0.179. The molecular formula is C16H22Br2N2O. The monoisotopic (exact) mass is 416 g/mol. The minimum Gasteiger partial charge on any atom is -0.375 e. The summed E-state index contributed by atoms with van der Waals surface area (Å²) in [5.74, 6) is 0.601. The fourth-order valence-electron chi connectivity index (χ4n) is 3.63. The van der Waals surface area contributed by atoms with E-state index in [2.05, 4.69) is 55.2 Å². The van der Waals surface area contributed by atoms with Crippen molar-refractivity contribution in [1.82, 2.24) is 10.3 Å². The molecule has 1 aromatic rings. The zero-order valence-electron chi connectivity index (χ0n) is 12.4. The maximum atomic E-state index is 6.08. The first-order valence-electron chi connectivity index (χ1n) is 7.82. The highest BCUT2D eigenvalue weighted by molar-refractivity contribution is 9.11. The number of ether oxygens (including phenoxy) is 1. The van der Waals surface area contributed by atoms with Crippen molar-refractivity contribution in [2.75, 3.05) is 13.2 Å². The van der Waals surface area contributed by atoms with Gasteiger partial charge < -0.3 is 10.1 Å². The molecule has 2 aliphatic rings. The Morgan fingerprint density at radius 2 is 2.29 bits per heavy atom. The average Bonchev–Trinajstić information content (AvgIpc) is 2.44. The summed E-state index contributed by atoms with van der Waals surface area (Å²) in [6, 6.07) is 2.39. The van der Waals surface area contributed by atoms with E-state index in [1.165, 1.54) is 19.3 Å². The second kappa shape index (κ2) is 6.65. The molecule has 1 aromatic heterocycles. The van der Waals surface area contributed by atoms with E-state index in [0.29, 0.717) is 12.0 Å². The number of nitrogens with zero attached hydrogens (tertiary/aromatic N) is 1. The van der Waals surface area contributed by atoms with Crippen molar-refractivity contribution in [2.45, 2.75) is 50.7 Å². The van der Waals surface area contributed by atoms with Gasteiger partial charge in [0.2, 0.25) is 0 Å². The van der Waals surface area contributed by atoms with Crippen molar-refractivity contribution >= 4 is 31.9 Å². The number of hydrogen-bond donors (Lipinski definition) is 1. The lowest BCUT2D eigenvalue weighted by molar-refractivity contribution is -0.147. The van der Waals surface area contributed by atoms with Gasteiger partial charge >= 0.3 is 0 Å². The molecule has 1 saturated heterocycles. The Hall–Kier alpha value is 0.0300. The van der Waals surface area contributed by atoms with Gasteiger partial charge in [-0.05, 0) is 82.5 Å². The zero-order valence-corrected chi connectivity index (χ0v) is 15.5. The van der Waals surface area contributed by atoms with Crippen molar-refractivity contribution < 1.29 is 4.74 Å². The fourth-order valence-corrected chi connectivity index (χ4v) is 4.86. The van der Waals surface area contributed by atoms with Gasteiger partial charge in [-0.3, -0.25) is 4.98 Å². The summed E-state index contributed by atoms with van der Waals surface area (Å²) in [5, 5.41) is 3.65. The van der Waals surface area contributed by atoms with Gasteiger partial charge in [-0.15, -0.1) is 0 Å². The Balaban J connectivity index is 1.83. The highest BCUT2D eigenvalue weighted by Gasteiger charge is 2.44. The molecule has 0 aromatic carbocycles. The number of nitrogens with one attached hydrogen (secondary N) is 1. The van der Waals surface area contributed by atoms with Crippen molar-refractivity contribution in [3.05, 3.63) is 26.9 Å². The van der Waals surface area contributed by atoms with Gasteiger partial charge in [0, 0.05) is 21.7 Å². The highest BCUT2D eigenvalue weighted by Crippen LogP contribution is 2.47. The summed E-state index contributed by atoms with van der Waals surface area (Å²) in [6.07, 6.45) is 7.95. The summed E-state index contributed by atoms with van der Waals surface area (Å²) >= 11 is 7.17. The Bertz CT molecular complexity index is 505. The van der Waals surface area contributed by atoms with Crippen LogP contribution in [-0.2, 0) is 4.74 Å². The summed E-state index contributed by atoms with van der Waals surface area (Å²) in [5.41, 5.74) is 1.31. The first kappa shape index (κ1) is 15.9. The number of hydrogen-bond acceptors (Lipinski definition) is 3. The fraction of sp³-hybridized carbons (Fsp3) is 0.688. The van der Waals surface area contributed by atoms with E-state index < -0.39 is 0 Å². The van der Waals surface area contributed by atoms with Gasteiger partial charge in [0.05, 0.1) is 17.3 Å². The molecule has 3 nitrogen and oxygen atoms in total. The Kier molecular flexibility index (Phi) is 5.04. The SMILES string of the molecule is CCNC(c1ncc(Br)cc1Br)C1CCOC2(CCC2)C1. The highest BCUT2D eigenvalue weighted by atomic mass is 79.9. The van der Waals surface area contributed by atoms with Crippen LogP contribution in [0.15, 0.2) is 21.2 Å². The number of aromatic nitrogens is 1. The first-order chi connectivity index (χ1) is 10.1. The van der Waals surface area contributed by atoms with Crippen LogP contribution < -0.4 is 5.32 Å². The molecule has 1 aliphatic carbocycles. The second-order valence-electron chi connectivity index (χ2n) is 6.19.